The van der Waals surface area contributed by atoms with Gasteiger partial charge in [-0.05, 0) is 69.2 Å². The van der Waals surface area contributed by atoms with Crippen LogP contribution in [0.25, 0.3) is 0 Å². The van der Waals surface area contributed by atoms with Gasteiger partial charge in [0.25, 0.3) is 5.91 Å². The third kappa shape index (κ3) is 4.99. The molecule has 1 heterocycles. The van der Waals surface area contributed by atoms with Gasteiger partial charge in [-0.15, -0.1) is 0 Å². The monoisotopic (exact) mass is 403 g/mol. The van der Waals surface area contributed by atoms with Gasteiger partial charge < -0.3 is 14.8 Å². The molecule has 2 aliphatic rings. The van der Waals surface area contributed by atoms with E-state index in [4.69, 9.17) is 9.47 Å². The zero-order valence-electron chi connectivity index (χ0n) is 17.0. The van der Waals surface area contributed by atoms with E-state index in [1.807, 2.05) is 31.2 Å². The number of nitrogens with zero attached hydrogens (tertiary/aromatic N) is 1. The van der Waals surface area contributed by atoms with Crippen molar-refractivity contribution < 1.29 is 23.9 Å². The van der Waals surface area contributed by atoms with Gasteiger partial charge in [0.15, 0.2) is 0 Å². The number of nitrogens with one attached hydrogen (secondary N) is 2. The number of carbonyl (C=O) groups is 3. The molecule has 0 aromatic heterocycles. The average Bonchev–Trinajstić information content (AvgIpc) is 2.93. The zero-order chi connectivity index (χ0) is 20.9. The van der Waals surface area contributed by atoms with Gasteiger partial charge in [-0.3, -0.25) is 15.0 Å². The lowest BCUT2D eigenvalue weighted by Gasteiger charge is -2.33. The lowest BCUT2D eigenvalue weighted by atomic mass is 9.77. The quantitative estimate of drug-likeness (QED) is 0.514. The molecule has 29 heavy (non-hydrogen) atoms. The number of hydrogen-bond acceptors (Lipinski definition) is 5. The van der Waals surface area contributed by atoms with Crippen LogP contribution in [0.5, 0.6) is 11.5 Å². The fourth-order valence-electron chi connectivity index (χ4n) is 3.72. The van der Waals surface area contributed by atoms with Gasteiger partial charge in [-0.25, -0.2) is 4.79 Å². The molecule has 0 bridgehead atoms. The maximum Gasteiger partial charge on any atom is 0.344 e. The van der Waals surface area contributed by atoms with Crippen LogP contribution in [-0.4, -0.2) is 41.6 Å². The lowest BCUT2D eigenvalue weighted by molar-refractivity contribution is -0.140. The van der Waals surface area contributed by atoms with Crippen molar-refractivity contribution in [2.24, 2.45) is 5.92 Å². The summed E-state index contributed by atoms with van der Waals surface area (Å²) in [5.74, 6) is 1.28. The lowest BCUT2D eigenvalue weighted by Crippen LogP contribution is -2.51. The van der Waals surface area contributed by atoms with Crippen LogP contribution in [0.15, 0.2) is 24.3 Å². The molecule has 0 radical (unpaired) electrons. The van der Waals surface area contributed by atoms with Crippen molar-refractivity contribution in [3.63, 3.8) is 0 Å². The van der Waals surface area contributed by atoms with Crippen LogP contribution >= 0.6 is 0 Å². The molecular weight excluding hydrogens is 374 g/mol. The van der Waals surface area contributed by atoms with Crippen LogP contribution in [0.2, 0.25) is 0 Å². The molecule has 1 spiro atoms. The van der Waals surface area contributed by atoms with Crippen molar-refractivity contribution in [1.29, 1.82) is 0 Å². The second kappa shape index (κ2) is 9.15. The van der Waals surface area contributed by atoms with E-state index in [0.29, 0.717) is 44.1 Å². The average molecular weight is 403 g/mol. The molecule has 1 aromatic carbocycles. The Morgan fingerprint density at radius 3 is 2.41 bits per heavy atom. The van der Waals surface area contributed by atoms with Crippen LogP contribution in [0.4, 0.5) is 4.79 Å². The first-order valence-corrected chi connectivity index (χ1v) is 10.3. The van der Waals surface area contributed by atoms with Gasteiger partial charge in [0.2, 0.25) is 5.91 Å². The van der Waals surface area contributed by atoms with Crippen molar-refractivity contribution in [2.75, 3.05) is 13.2 Å². The Kier molecular flexibility index (Phi) is 6.61. The number of imide groups is 1. The minimum absolute atomic E-state index is 0.151. The highest BCUT2D eigenvalue weighted by Gasteiger charge is 2.52. The van der Waals surface area contributed by atoms with Crippen molar-refractivity contribution in [2.45, 2.75) is 57.9 Å². The van der Waals surface area contributed by atoms with Crippen LogP contribution in [0.3, 0.4) is 0 Å². The van der Waals surface area contributed by atoms with E-state index in [-0.39, 0.29) is 18.2 Å². The van der Waals surface area contributed by atoms with E-state index in [2.05, 4.69) is 17.7 Å². The molecule has 0 atom stereocenters. The van der Waals surface area contributed by atoms with Crippen LogP contribution in [0.1, 0.15) is 52.4 Å². The van der Waals surface area contributed by atoms with Gasteiger partial charge in [-0.2, -0.15) is 5.01 Å². The molecule has 2 N–H and O–H groups in total. The number of rotatable bonds is 8. The molecule has 1 aliphatic heterocycles. The summed E-state index contributed by atoms with van der Waals surface area (Å²) in [7, 11) is 0. The molecule has 8 heteroatoms. The van der Waals surface area contributed by atoms with Gasteiger partial charge in [-0.1, -0.05) is 6.92 Å². The van der Waals surface area contributed by atoms with Gasteiger partial charge in [0.1, 0.15) is 17.0 Å². The molecular formula is C21H29N3O5. The number of urea groups is 1. The number of amides is 4. The number of hydrazine groups is 1. The Morgan fingerprint density at radius 1 is 1.17 bits per heavy atom. The fourth-order valence-corrected chi connectivity index (χ4v) is 3.72. The fraction of sp³-hybridized carbons (Fsp3) is 0.571. The van der Waals surface area contributed by atoms with Crippen LogP contribution in [-0.2, 0) is 9.59 Å². The maximum atomic E-state index is 12.7. The minimum Gasteiger partial charge on any atom is -0.494 e. The summed E-state index contributed by atoms with van der Waals surface area (Å²) in [4.78, 5) is 37.1. The van der Waals surface area contributed by atoms with E-state index in [0.717, 1.165) is 23.6 Å². The van der Waals surface area contributed by atoms with E-state index in [9.17, 15) is 14.4 Å². The summed E-state index contributed by atoms with van der Waals surface area (Å²) >= 11 is 0. The highest BCUT2D eigenvalue weighted by molar-refractivity contribution is 6.08. The Hall–Kier alpha value is -2.77. The summed E-state index contributed by atoms with van der Waals surface area (Å²) in [6.45, 7) is 5.02. The Bertz CT molecular complexity index is 741. The predicted molar refractivity (Wildman–Crippen MR) is 106 cm³/mol. The van der Waals surface area contributed by atoms with Crippen LogP contribution < -0.4 is 20.2 Å². The van der Waals surface area contributed by atoms with E-state index in [1.165, 1.54) is 0 Å². The molecule has 1 saturated heterocycles. The molecule has 8 nitrogen and oxygen atoms in total. The van der Waals surface area contributed by atoms with Crippen molar-refractivity contribution >= 4 is 17.8 Å². The first-order valence-electron chi connectivity index (χ1n) is 10.3. The molecule has 3 rings (SSSR count). The topological polar surface area (TPSA) is 97.0 Å². The Balaban J connectivity index is 1.41. The van der Waals surface area contributed by atoms with Crippen molar-refractivity contribution in [3.8, 4) is 11.5 Å². The minimum atomic E-state index is -0.854. The second-order valence-corrected chi connectivity index (χ2v) is 7.73. The summed E-state index contributed by atoms with van der Waals surface area (Å²) in [6, 6.07) is 6.71. The molecule has 1 saturated carbocycles. The summed E-state index contributed by atoms with van der Waals surface area (Å²) in [5.41, 5.74) is 1.59. The van der Waals surface area contributed by atoms with Crippen molar-refractivity contribution in [3.05, 3.63) is 24.3 Å². The van der Waals surface area contributed by atoms with Gasteiger partial charge >= 0.3 is 6.03 Å². The third-order valence-corrected chi connectivity index (χ3v) is 5.48. The van der Waals surface area contributed by atoms with E-state index < -0.39 is 11.6 Å². The number of hydrogen-bond donors (Lipinski definition) is 2. The molecule has 2 fully saturated rings. The molecule has 0 unspecified atom stereocenters. The first-order chi connectivity index (χ1) is 13.9. The smallest absolute Gasteiger partial charge is 0.344 e. The predicted octanol–water partition coefficient (Wildman–Crippen LogP) is 2.78. The first kappa shape index (κ1) is 21.0. The summed E-state index contributed by atoms with van der Waals surface area (Å²) in [6.07, 6.45) is 3.61. The molecule has 4 amide bonds. The van der Waals surface area contributed by atoms with Crippen molar-refractivity contribution in [1.82, 2.24) is 15.8 Å². The standard InChI is InChI=1S/C21H29N3O5/c1-3-28-16-6-8-17(9-7-16)29-14-4-5-18(25)23-24-19(26)21(22-20(24)27)12-10-15(2)11-13-21/h6-9,15H,3-5,10-14H2,1-2H3,(H,22,27)(H,23,25). The van der Waals surface area contributed by atoms with Crippen LogP contribution in [0, 0.1) is 5.92 Å². The zero-order valence-corrected chi connectivity index (χ0v) is 17.0. The second-order valence-electron chi connectivity index (χ2n) is 7.73. The Morgan fingerprint density at radius 2 is 1.79 bits per heavy atom. The van der Waals surface area contributed by atoms with Gasteiger partial charge in [0, 0.05) is 6.42 Å². The molecule has 158 valence electrons. The summed E-state index contributed by atoms with van der Waals surface area (Å²) < 4.78 is 11.0. The maximum absolute atomic E-state index is 12.7. The normalized spacial score (nSPS) is 23.8. The molecule has 1 aromatic rings. The number of benzene rings is 1. The third-order valence-electron chi connectivity index (χ3n) is 5.48. The van der Waals surface area contributed by atoms with E-state index >= 15 is 0 Å². The highest BCUT2D eigenvalue weighted by atomic mass is 16.5. The van der Waals surface area contributed by atoms with E-state index in [1.54, 1.807) is 0 Å². The summed E-state index contributed by atoms with van der Waals surface area (Å²) in [5, 5.41) is 3.62. The SMILES string of the molecule is CCOc1ccc(OCCCC(=O)NN2C(=O)NC3(CCC(C)CC3)C2=O)cc1. The highest BCUT2D eigenvalue weighted by Crippen LogP contribution is 2.35. The largest absolute Gasteiger partial charge is 0.494 e. The number of ether oxygens (including phenoxy) is 2. The number of carbonyl (C=O) groups excluding carboxylic acids is 3. The molecule has 1 aliphatic carbocycles. The van der Waals surface area contributed by atoms with Gasteiger partial charge in [0.05, 0.1) is 13.2 Å². The Labute approximate surface area is 170 Å².